The lowest BCUT2D eigenvalue weighted by molar-refractivity contribution is -0.115. The molecule has 4 rings (SSSR count). The molecule has 1 N–H and O–H groups in total. The van der Waals surface area contributed by atoms with Crippen LogP contribution >= 0.6 is 0 Å². The third kappa shape index (κ3) is 2.32. The van der Waals surface area contributed by atoms with Gasteiger partial charge >= 0.3 is 0 Å². The Hall–Kier alpha value is -2.89. The van der Waals surface area contributed by atoms with E-state index in [0.717, 1.165) is 17.1 Å². The minimum absolute atomic E-state index is 0.0809. The number of benzene rings is 2. The molecule has 2 heterocycles. The van der Waals surface area contributed by atoms with Crippen molar-refractivity contribution in [3.63, 3.8) is 0 Å². The predicted molar refractivity (Wildman–Crippen MR) is 85.8 cm³/mol. The summed E-state index contributed by atoms with van der Waals surface area (Å²) in [6.07, 6.45) is 0. The summed E-state index contributed by atoms with van der Waals surface area (Å²) in [5.41, 5.74) is 2.42. The van der Waals surface area contributed by atoms with Crippen molar-refractivity contribution in [2.75, 3.05) is 30.2 Å². The van der Waals surface area contributed by atoms with E-state index < -0.39 is 0 Å². The number of hydrogen-bond acceptors (Lipinski definition) is 5. The third-order valence-corrected chi connectivity index (χ3v) is 3.81. The molecule has 0 spiro atoms. The standard InChI is InChI=1S/C17H16N2O4/c1-2-21-14-6-4-3-5-12(14)19-9-17(20)18-11-7-15-16(8-13(11)19)23-10-22-15/h3-8H,2,9-10H2,1H3,(H,18,20). The Morgan fingerprint density at radius 1 is 1.17 bits per heavy atom. The van der Waals surface area contributed by atoms with Crippen molar-refractivity contribution in [1.29, 1.82) is 0 Å². The van der Waals surface area contributed by atoms with Crippen molar-refractivity contribution in [2.24, 2.45) is 0 Å². The maximum absolute atomic E-state index is 12.1. The number of anilines is 3. The van der Waals surface area contributed by atoms with Gasteiger partial charge in [0.25, 0.3) is 0 Å². The fraction of sp³-hybridized carbons (Fsp3) is 0.235. The number of nitrogens with zero attached hydrogens (tertiary/aromatic N) is 1. The summed E-state index contributed by atoms with van der Waals surface area (Å²) >= 11 is 0. The predicted octanol–water partition coefficient (Wildman–Crippen LogP) is 2.90. The summed E-state index contributed by atoms with van der Waals surface area (Å²) in [6.45, 7) is 2.91. The molecule has 0 bridgehead atoms. The molecule has 0 aliphatic carbocycles. The monoisotopic (exact) mass is 312 g/mol. The van der Waals surface area contributed by atoms with Gasteiger partial charge in [-0.05, 0) is 19.1 Å². The molecule has 6 heteroatoms. The Balaban J connectivity index is 1.83. The van der Waals surface area contributed by atoms with E-state index in [0.29, 0.717) is 23.8 Å². The topological polar surface area (TPSA) is 60.0 Å². The van der Waals surface area contributed by atoms with Gasteiger partial charge in [0.15, 0.2) is 11.5 Å². The third-order valence-electron chi connectivity index (χ3n) is 3.81. The van der Waals surface area contributed by atoms with E-state index >= 15 is 0 Å². The van der Waals surface area contributed by atoms with Gasteiger partial charge in [0.1, 0.15) is 12.3 Å². The number of nitrogens with one attached hydrogen (secondary N) is 1. The highest BCUT2D eigenvalue weighted by Gasteiger charge is 2.28. The van der Waals surface area contributed by atoms with Crippen molar-refractivity contribution in [3.05, 3.63) is 36.4 Å². The number of carbonyl (C=O) groups excluding carboxylic acids is 1. The molecular weight excluding hydrogens is 296 g/mol. The molecule has 0 fully saturated rings. The second-order valence-electron chi connectivity index (χ2n) is 5.26. The lowest BCUT2D eigenvalue weighted by Crippen LogP contribution is -2.35. The second kappa shape index (κ2) is 5.39. The highest BCUT2D eigenvalue weighted by molar-refractivity contribution is 6.04. The van der Waals surface area contributed by atoms with Crippen LogP contribution in [0.5, 0.6) is 17.2 Å². The summed E-state index contributed by atoms with van der Waals surface area (Å²) in [5.74, 6) is 1.98. The lowest BCUT2D eigenvalue weighted by atomic mass is 10.1. The van der Waals surface area contributed by atoms with E-state index in [4.69, 9.17) is 14.2 Å². The number of fused-ring (bicyclic) bond motifs is 2. The normalized spacial score (nSPS) is 15.2. The average Bonchev–Trinajstić information content (AvgIpc) is 3.00. The molecule has 1 amide bonds. The molecule has 0 radical (unpaired) electrons. The van der Waals surface area contributed by atoms with Crippen LogP contribution in [0.3, 0.4) is 0 Å². The molecule has 0 saturated heterocycles. The van der Waals surface area contributed by atoms with E-state index in [1.165, 1.54) is 0 Å². The van der Waals surface area contributed by atoms with Crippen LogP contribution in [-0.2, 0) is 4.79 Å². The Labute approximate surface area is 133 Å². The SMILES string of the molecule is CCOc1ccccc1N1CC(=O)Nc2cc3c(cc21)OCO3. The zero-order valence-corrected chi connectivity index (χ0v) is 12.7. The lowest BCUT2D eigenvalue weighted by Gasteiger charge is -2.32. The summed E-state index contributed by atoms with van der Waals surface area (Å²) in [7, 11) is 0. The first kappa shape index (κ1) is 13.8. The minimum Gasteiger partial charge on any atom is -0.492 e. The number of amides is 1. The van der Waals surface area contributed by atoms with Crippen molar-refractivity contribution in [2.45, 2.75) is 6.92 Å². The van der Waals surface area contributed by atoms with E-state index in [2.05, 4.69) is 5.32 Å². The number of para-hydroxylation sites is 2. The largest absolute Gasteiger partial charge is 0.492 e. The minimum atomic E-state index is -0.0809. The number of carbonyl (C=O) groups is 1. The number of hydrogen-bond donors (Lipinski definition) is 1. The van der Waals surface area contributed by atoms with Gasteiger partial charge in [-0.1, -0.05) is 12.1 Å². The van der Waals surface area contributed by atoms with Crippen molar-refractivity contribution in [1.82, 2.24) is 0 Å². The van der Waals surface area contributed by atoms with Crippen LogP contribution in [0.15, 0.2) is 36.4 Å². The molecule has 0 saturated carbocycles. The van der Waals surface area contributed by atoms with Crippen molar-refractivity contribution < 1.29 is 19.0 Å². The molecule has 0 unspecified atom stereocenters. The van der Waals surface area contributed by atoms with Gasteiger partial charge in [-0.25, -0.2) is 0 Å². The van der Waals surface area contributed by atoms with Crippen LogP contribution in [0, 0.1) is 0 Å². The van der Waals surface area contributed by atoms with Crippen molar-refractivity contribution in [3.8, 4) is 17.2 Å². The van der Waals surface area contributed by atoms with Gasteiger partial charge in [-0.2, -0.15) is 0 Å². The first-order valence-corrected chi connectivity index (χ1v) is 7.49. The zero-order valence-electron chi connectivity index (χ0n) is 12.7. The molecule has 0 aromatic heterocycles. The number of ether oxygens (including phenoxy) is 3. The second-order valence-corrected chi connectivity index (χ2v) is 5.26. The highest BCUT2D eigenvalue weighted by Crippen LogP contribution is 2.46. The molecule has 2 aromatic carbocycles. The van der Waals surface area contributed by atoms with Gasteiger partial charge in [0.05, 0.1) is 23.7 Å². The molecule has 6 nitrogen and oxygen atoms in total. The first-order valence-electron chi connectivity index (χ1n) is 7.49. The Kier molecular flexibility index (Phi) is 3.22. The molecule has 118 valence electrons. The van der Waals surface area contributed by atoms with Crippen LogP contribution in [-0.4, -0.2) is 25.9 Å². The van der Waals surface area contributed by atoms with Gasteiger partial charge in [-0.15, -0.1) is 0 Å². The Bertz CT molecular complexity index is 775. The van der Waals surface area contributed by atoms with Crippen LogP contribution in [0.25, 0.3) is 0 Å². The van der Waals surface area contributed by atoms with Crippen LogP contribution < -0.4 is 24.4 Å². The first-order chi connectivity index (χ1) is 11.3. The van der Waals surface area contributed by atoms with Gasteiger partial charge < -0.3 is 24.4 Å². The summed E-state index contributed by atoms with van der Waals surface area (Å²) < 4.78 is 16.6. The summed E-state index contributed by atoms with van der Waals surface area (Å²) in [4.78, 5) is 14.0. The Morgan fingerprint density at radius 3 is 2.78 bits per heavy atom. The maximum atomic E-state index is 12.1. The molecular formula is C17H16N2O4. The smallest absolute Gasteiger partial charge is 0.244 e. The zero-order chi connectivity index (χ0) is 15.8. The Morgan fingerprint density at radius 2 is 1.96 bits per heavy atom. The molecule has 2 aliphatic rings. The van der Waals surface area contributed by atoms with Gasteiger partial charge in [0, 0.05) is 12.1 Å². The summed E-state index contributed by atoms with van der Waals surface area (Å²) in [5, 5.41) is 2.88. The molecule has 2 aromatic rings. The fourth-order valence-electron chi connectivity index (χ4n) is 2.85. The van der Waals surface area contributed by atoms with E-state index in [-0.39, 0.29) is 19.2 Å². The highest BCUT2D eigenvalue weighted by atomic mass is 16.7. The van der Waals surface area contributed by atoms with Crippen LogP contribution in [0.2, 0.25) is 0 Å². The van der Waals surface area contributed by atoms with Crippen molar-refractivity contribution >= 4 is 23.0 Å². The fourth-order valence-corrected chi connectivity index (χ4v) is 2.85. The molecule has 2 aliphatic heterocycles. The molecule has 23 heavy (non-hydrogen) atoms. The maximum Gasteiger partial charge on any atom is 0.244 e. The summed E-state index contributed by atoms with van der Waals surface area (Å²) in [6, 6.07) is 11.4. The molecule has 0 atom stereocenters. The number of rotatable bonds is 3. The van der Waals surface area contributed by atoms with E-state index in [1.54, 1.807) is 6.07 Å². The van der Waals surface area contributed by atoms with Gasteiger partial charge in [0.2, 0.25) is 12.7 Å². The quantitative estimate of drug-likeness (QED) is 0.944. The van der Waals surface area contributed by atoms with Crippen LogP contribution in [0.1, 0.15) is 6.92 Å². The van der Waals surface area contributed by atoms with E-state index in [1.807, 2.05) is 42.2 Å². The average molecular weight is 312 g/mol. The van der Waals surface area contributed by atoms with Crippen LogP contribution in [0.4, 0.5) is 17.1 Å². The van der Waals surface area contributed by atoms with Gasteiger partial charge in [-0.3, -0.25) is 4.79 Å². The van der Waals surface area contributed by atoms with E-state index in [9.17, 15) is 4.79 Å².